The standard InChI is InChI=1S/C29H23N3O3S/c1-18-25-14-19(16-33)6-11-26(25)32(2)27(18)21-4-3-5-24(15-21)31-29(35)28(34)30-23-9-7-20(8-10-23)22-12-13-36-17-22/h3-17H,1-2H3,(H,30,34)(H,31,35). The quantitative estimate of drug-likeness (QED) is 0.224. The highest BCUT2D eigenvalue weighted by Crippen LogP contribution is 2.34. The smallest absolute Gasteiger partial charge is 0.314 e. The molecule has 2 heterocycles. The minimum atomic E-state index is -0.751. The summed E-state index contributed by atoms with van der Waals surface area (Å²) >= 11 is 1.62. The van der Waals surface area contributed by atoms with Gasteiger partial charge in [0.15, 0.2) is 0 Å². The minimum absolute atomic E-state index is 0.513. The first-order valence-corrected chi connectivity index (χ1v) is 12.3. The monoisotopic (exact) mass is 493 g/mol. The Morgan fingerprint density at radius 3 is 2.28 bits per heavy atom. The SMILES string of the molecule is Cc1c(-c2cccc(NC(=O)C(=O)Nc3ccc(-c4ccsc4)cc3)c2)n(C)c2ccc(C=O)cc12. The molecule has 0 saturated carbocycles. The van der Waals surface area contributed by atoms with Crippen molar-refractivity contribution in [1.82, 2.24) is 4.57 Å². The second kappa shape index (κ2) is 9.64. The van der Waals surface area contributed by atoms with Crippen LogP contribution in [0.25, 0.3) is 33.3 Å². The van der Waals surface area contributed by atoms with E-state index in [2.05, 4.69) is 20.6 Å². The molecule has 2 amide bonds. The fourth-order valence-electron chi connectivity index (χ4n) is 4.42. The van der Waals surface area contributed by atoms with Gasteiger partial charge in [0.1, 0.15) is 6.29 Å². The van der Waals surface area contributed by atoms with Crippen LogP contribution >= 0.6 is 11.3 Å². The number of hydrogen-bond donors (Lipinski definition) is 2. The molecule has 3 aromatic carbocycles. The van der Waals surface area contributed by atoms with E-state index in [-0.39, 0.29) is 0 Å². The lowest BCUT2D eigenvalue weighted by Gasteiger charge is -2.10. The number of carbonyl (C=O) groups is 3. The maximum absolute atomic E-state index is 12.6. The lowest BCUT2D eigenvalue weighted by molar-refractivity contribution is -0.132. The van der Waals surface area contributed by atoms with E-state index in [1.807, 2.05) is 67.9 Å². The number of nitrogens with one attached hydrogen (secondary N) is 2. The molecule has 2 aromatic heterocycles. The van der Waals surface area contributed by atoms with Crippen molar-refractivity contribution in [2.45, 2.75) is 6.92 Å². The van der Waals surface area contributed by atoms with Crippen molar-refractivity contribution in [2.75, 3.05) is 10.6 Å². The molecule has 0 aliphatic rings. The maximum atomic E-state index is 12.6. The zero-order valence-electron chi connectivity index (χ0n) is 19.7. The van der Waals surface area contributed by atoms with Gasteiger partial charge in [0.2, 0.25) is 0 Å². The number of fused-ring (bicyclic) bond motifs is 1. The highest BCUT2D eigenvalue weighted by molar-refractivity contribution is 7.08. The fourth-order valence-corrected chi connectivity index (χ4v) is 5.09. The van der Waals surface area contributed by atoms with Gasteiger partial charge in [-0.3, -0.25) is 14.4 Å². The number of rotatable bonds is 5. The number of amides is 2. The van der Waals surface area contributed by atoms with E-state index < -0.39 is 11.8 Å². The molecule has 0 bridgehead atoms. The Balaban J connectivity index is 1.33. The number of benzene rings is 3. The van der Waals surface area contributed by atoms with Gasteiger partial charge >= 0.3 is 11.8 Å². The third-order valence-electron chi connectivity index (χ3n) is 6.21. The molecule has 5 rings (SSSR count). The van der Waals surface area contributed by atoms with Crippen molar-refractivity contribution in [2.24, 2.45) is 7.05 Å². The van der Waals surface area contributed by atoms with Crippen LogP contribution in [0, 0.1) is 6.92 Å². The first kappa shape index (κ1) is 23.3. The number of hydrogen-bond acceptors (Lipinski definition) is 4. The van der Waals surface area contributed by atoms with Gasteiger partial charge in [-0.1, -0.05) is 24.3 Å². The van der Waals surface area contributed by atoms with Gasteiger partial charge < -0.3 is 15.2 Å². The van der Waals surface area contributed by atoms with Crippen LogP contribution in [0.4, 0.5) is 11.4 Å². The molecule has 2 N–H and O–H groups in total. The molecule has 0 saturated heterocycles. The molecule has 7 heteroatoms. The molecule has 0 unspecified atom stereocenters. The topological polar surface area (TPSA) is 80.2 Å². The summed E-state index contributed by atoms with van der Waals surface area (Å²) in [6, 6.07) is 22.4. The Hall–Kier alpha value is -4.49. The van der Waals surface area contributed by atoms with Gasteiger partial charge in [-0.05, 0) is 82.9 Å². The number of aryl methyl sites for hydroxylation is 2. The zero-order chi connectivity index (χ0) is 25.2. The van der Waals surface area contributed by atoms with Gasteiger partial charge in [0.05, 0.1) is 5.69 Å². The highest BCUT2D eigenvalue weighted by atomic mass is 32.1. The third-order valence-corrected chi connectivity index (χ3v) is 6.89. The van der Waals surface area contributed by atoms with Gasteiger partial charge in [0.25, 0.3) is 0 Å². The zero-order valence-corrected chi connectivity index (χ0v) is 20.6. The lowest BCUT2D eigenvalue weighted by atomic mass is 10.0. The van der Waals surface area contributed by atoms with Crippen molar-refractivity contribution in [3.05, 3.63) is 94.7 Å². The molecule has 178 valence electrons. The predicted octanol–water partition coefficient (Wildman–Crippen LogP) is 6.27. The van der Waals surface area contributed by atoms with Crippen LogP contribution in [-0.4, -0.2) is 22.7 Å². The molecular formula is C29H23N3O3S. The van der Waals surface area contributed by atoms with Gasteiger partial charge in [-0.2, -0.15) is 11.3 Å². The van der Waals surface area contributed by atoms with Crippen LogP contribution in [0.2, 0.25) is 0 Å². The molecule has 0 atom stereocenters. The molecule has 6 nitrogen and oxygen atoms in total. The third kappa shape index (κ3) is 4.44. The average Bonchev–Trinajstić information content (AvgIpc) is 3.51. The molecule has 0 radical (unpaired) electrons. The highest BCUT2D eigenvalue weighted by Gasteiger charge is 2.17. The Labute approximate surface area is 212 Å². The van der Waals surface area contributed by atoms with Crippen molar-refractivity contribution >= 4 is 51.7 Å². The molecule has 36 heavy (non-hydrogen) atoms. The Kier molecular flexibility index (Phi) is 6.23. The first-order valence-electron chi connectivity index (χ1n) is 11.3. The molecule has 5 aromatic rings. The molecule has 0 aliphatic carbocycles. The van der Waals surface area contributed by atoms with Gasteiger partial charge in [-0.25, -0.2) is 0 Å². The summed E-state index contributed by atoms with van der Waals surface area (Å²) in [4.78, 5) is 36.3. The largest absolute Gasteiger partial charge is 0.343 e. The van der Waals surface area contributed by atoms with Crippen LogP contribution in [0.5, 0.6) is 0 Å². The van der Waals surface area contributed by atoms with Crippen molar-refractivity contribution in [1.29, 1.82) is 0 Å². The van der Waals surface area contributed by atoms with Crippen LogP contribution in [0.3, 0.4) is 0 Å². The van der Waals surface area contributed by atoms with Gasteiger partial charge in [0, 0.05) is 40.5 Å². The second-order valence-corrected chi connectivity index (χ2v) is 9.29. The van der Waals surface area contributed by atoms with E-state index in [1.54, 1.807) is 35.6 Å². The summed E-state index contributed by atoms with van der Waals surface area (Å²) in [6.45, 7) is 2.01. The number of aldehydes is 1. The van der Waals surface area contributed by atoms with E-state index in [4.69, 9.17) is 0 Å². The van der Waals surface area contributed by atoms with E-state index in [9.17, 15) is 14.4 Å². The summed E-state index contributed by atoms with van der Waals surface area (Å²) < 4.78 is 2.06. The maximum Gasteiger partial charge on any atom is 0.314 e. The molecule has 0 fully saturated rings. The average molecular weight is 494 g/mol. The Morgan fingerprint density at radius 2 is 1.58 bits per heavy atom. The van der Waals surface area contributed by atoms with Crippen LogP contribution < -0.4 is 10.6 Å². The number of anilines is 2. The molecular weight excluding hydrogens is 470 g/mol. The number of carbonyl (C=O) groups excluding carboxylic acids is 3. The summed E-state index contributed by atoms with van der Waals surface area (Å²) in [7, 11) is 1.97. The van der Waals surface area contributed by atoms with E-state index in [1.165, 1.54) is 0 Å². The molecule has 0 spiro atoms. The van der Waals surface area contributed by atoms with Crippen LogP contribution in [0.1, 0.15) is 15.9 Å². The molecule has 0 aliphatic heterocycles. The minimum Gasteiger partial charge on any atom is -0.343 e. The summed E-state index contributed by atoms with van der Waals surface area (Å²) in [5.41, 5.74) is 7.73. The van der Waals surface area contributed by atoms with Crippen molar-refractivity contribution in [3.63, 3.8) is 0 Å². The Bertz CT molecular complexity index is 1600. The van der Waals surface area contributed by atoms with Crippen LogP contribution in [-0.2, 0) is 16.6 Å². The number of thiophene rings is 1. The Morgan fingerprint density at radius 1 is 0.833 bits per heavy atom. The van der Waals surface area contributed by atoms with E-state index >= 15 is 0 Å². The summed E-state index contributed by atoms with van der Waals surface area (Å²) in [5.74, 6) is -1.50. The van der Waals surface area contributed by atoms with Crippen molar-refractivity contribution in [3.8, 4) is 22.4 Å². The lowest BCUT2D eigenvalue weighted by Crippen LogP contribution is -2.29. The van der Waals surface area contributed by atoms with Crippen molar-refractivity contribution < 1.29 is 14.4 Å². The van der Waals surface area contributed by atoms with Crippen LogP contribution in [0.15, 0.2) is 83.6 Å². The van der Waals surface area contributed by atoms with E-state index in [0.717, 1.165) is 45.1 Å². The number of aromatic nitrogens is 1. The van der Waals surface area contributed by atoms with E-state index in [0.29, 0.717) is 16.9 Å². The number of nitrogens with zero attached hydrogens (tertiary/aromatic N) is 1. The summed E-state index contributed by atoms with van der Waals surface area (Å²) in [5, 5.41) is 10.4. The normalized spacial score (nSPS) is 10.8. The van der Waals surface area contributed by atoms with Gasteiger partial charge in [-0.15, -0.1) is 0 Å². The fraction of sp³-hybridized carbons (Fsp3) is 0.0690. The second-order valence-electron chi connectivity index (χ2n) is 8.51. The summed E-state index contributed by atoms with van der Waals surface area (Å²) in [6.07, 6.45) is 0.838. The predicted molar refractivity (Wildman–Crippen MR) is 145 cm³/mol. The first-order chi connectivity index (χ1) is 17.4.